The van der Waals surface area contributed by atoms with E-state index in [1.165, 1.54) is 12.1 Å². The molecule has 1 N–H and O–H groups in total. The third-order valence-corrected chi connectivity index (χ3v) is 9.68. The van der Waals surface area contributed by atoms with Gasteiger partial charge in [0.05, 0.1) is 18.6 Å². The van der Waals surface area contributed by atoms with Gasteiger partial charge < -0.3 is 14.6 Å². The zero-order valence-corrected chi connectivity index (χ0v) is 25.3. The van der Waals surface area contributed by atoms with Crippen molar-refractivity contribution in [3.63, 3.8) is 0 Å². The Morgan fingerprint density at radius 3 is 2.18 bits per heavy atom. The summed E-state index contributed by atoms with van der Waals surface area (Å²) in [4.78, 5) is 12.9. The van der Waals surface area contributed by atoms with Crippen molar-refractivity contribution < 1.29 is 36.9 Å². The lowest BCUT2D eigenvalue weighted by atomic mass is 9.76. The highest BCUT2D eigenvalue weighted by Crippen LogP contribution is 2.43. The van der Waals surface area contributed by atoms with E-state index in [0.29, 0.717) is 61.2 Å². The SMILES string of the molecule is CCCC(O)c1ccc(C2=CCC(C(=O)Oc3ccc(C4CCC(c5ccc(C6CO6)c(F)c5F)CC4)cc3)CC2)c(F)c1F. The molecule has 3 atom stereocenters. The van der Waals surface area contributed by atoms with E-state index < -0.39 is 35.3 Å². The van der Waals surface area contributed by atoms with Crippen molar-refractivity contribution in [1.82, 2.24) is 0 Å². The van der Waals surface area contributed by atoms with E-state index >= 15 is 0 Å². The first kappa shape index (κ1) is 31.5. The molecule has 3 aromatic rings. The van der Waals surface area contributed by atoms with Gasteiger partial charge in [-0.1, -0.05) is 55.8 Å². The zero-order valence-electron chi connectivity index (χ0n) is 25.3. The van der Waals surface area contributed by atoms with Crippen molar-refractivity contribution in [3.8, 4) is 5.75 Å². The van der Waals surface area contributed by atoms with Gasteiger partial charge in [0, 0.05) is 16.7 Å². The predicted octanol–water partition coefficient (Wildman–Crippen LogP) is 9.38. The molecule has 6 rings (SSSR count). The number of carbonyl (C=O) groups is 1. The summed E-state index contributed by atoms with van der Waals surface area (Å²) >= 11 is 0. The maximum Gasteiger partial charge on any atom is 0.314 e. The van der Waals surface area contributed by atoms with Crippen LogP contribution in [-0.2, 0) is 9.53 Å². The average molecular weight is 623 g/mol. The maximum absolute atomic E-state index is 14.9. The number of rotatable bonds is 9. The largest absolute Gasteiger partial charge is 0.426 e. The quantitative estimate of drug-likeness (QED) is 0.112. The normalized spacial score (nSPS) is 23.7. The molecule has 45 heavy (non-hydrogen) atoms. The van der Waals surface area contributed by atoms with Crippen LogP contribution in [-0.4, -0.2) is 17.7 Å². The van der Waals surface area contributed by atoms with Crippen LogP contribution in [0.1, 0.15) is 117 Å². The molecule has 8 heteroatoms. The van der Waals surface area contributed by atoms with Gasteiger partial charge in [-0.25, -0.2) is 17.6 Å². The second kappa shape index (κ2) is 13.5. The van der Waals surface area contributed by atoms with Crippen LogP contribution in [0.4, 0.5) is 17.6 Å². The van der Waals surface area contributed by atoms with Crippen LogP contribution in [0.25, 0.3) is 5.57 Å². The van der Waals surface area contributed by atoms with Crippen LogP contribution < -0.4 is 4.74 Å². The molecule has 238 valence electrons. The summed E-state index contributed by atoms with van der Waals surface area (Å²) in [6.07, 6.45) is 5.84. The first-order chi connectivity index (χ1) is 21.7. The number of carbonyl (C=O) groups excluding carboxylic acids is 1. The Balaban J connectivity index is 1.01. The van der Waals surface area contributed by atoms with Crippen LogP contribution >= 0.6 is 0 Å². The number of aliphatic hydroxyl groups is 1. The van der Waals surface area contributed by atoms with E-state index in [9.17, 15) is 27.5 Å². The molecule has 1 saturated carbocycles. The standard InChI is InChI=1S/C37H38F4O4/c1-2-3-31(42)29-18-16-27(33(38)35(29)40)24-8-10-25(11-9-24)37(43)45-26-14-12-22(13-15-26)21-4-6-23(7-5-21)28-17-19-30(32-20-44-32)36(41)34(28)39/h8,12-19,21,23,25,31-32,42H,2-7,9-11,20H2,1H3. The maximum atomic E-state index is 14.9. The molecule has 3 unspecified atom stereocenters. The van der Waals surface area contributed by atoms with Gasteiger partial charge in [-0.3, -0.25) is 4.79 Å². The Morgan fingerprint density at radius 1 is 0.867 bits per heavy atom. The zero-order chi connectivity index (χ0) is 31.7. The first-order valence-electron chi connectivity index (χ1n) is 16.0. The third-order valence-electron chi connectivity index (χ3n) is 9.68. The second-order valence-corrected chi connectivity index (χ2v) is 12.6. The lowest BCUT2D eigenvalue weighted by molar-refractivity contribution is -0.139. The van der Waals surface area contributed by atoms with Gasteiger partial charge in [-0.2, -0.15) is 0 Å². The summed E-state index contributed by atoms with van der Waals surface area (Å²) in [5.74, 6) is -3.58. The van der Waals surface area contributed by atoms with Crippen molar-refractivity contribution in [1.29, 1.82) is 0 Å². The minimum absolute atomic E-state index is 0.0243. The van der Waals surface area contributed by atoms with Crippen molar-refractivity contribution >= 4 is 11.5 Å². The van der Waals surface area contributed by atoms with E-state index in [0.717, 1.165) is 31.2 Å². The third kappa shape index (κ3) is 6.73. The Labute approximate surface area is 261 Å². The van der Waals surface area contributed by atoms with Gasteiger partial charge in [0.15, 0.2) is 23.3 Å². The number of esters is 1. The molecule has 0 aromatic heterocycles. The van der Waals surface area contributed by atoms with Crippen molar-refractivity contribution in [2.24, 2.45) is 5.92 Å². The lowest BCUT2D eigenvalue weighted by Crippen LogP contribution is -2.22. The van der Waals surface area contributed by atoms with Gasteiger partial charge in [0.25, 0.3) is 0 Å². The van der Waals surface area contributed by atoms with E-state index in [1.807, 2.05) is 19.1 Å². The van der Waals surface area contributed by atoms with Crippen LogP contribution in [0, 0.1) is 29.2 Å². The Hall–Kier alpha value is -3.49. The summed E-state index contributed by atoms with van der Waals surface area (Å²) in [5.41, 5.74) is 2.63. The van der Waals surface area contributed by atoms with Crippen LogP contribution in [0.2, 0.25) is 0 Å². The molecular formula is C37H38F4O4. The molecule has 1 heterocycles. The summed E-state index contributed by atoms with van der Waals surface area (Å²) in [6, 6.07) is 13.8. The molecule has 0 amide bonds. The van der Waals surface area contributed by atoms with Crippen molar-refractivity contribution in [2.75, 3.05) is 6.61 Å². The number of allylic oxidation sites excluding steroid dienone is 2. The first-order valence-corrected chi connectivity index (χ1v) is 16.0. The molecule has 0 bridgehead atoms. The summed E-state index contributed by atoms with van der Waals surface area (Å²) in [7, 11) is 0. The number of halogens is 4. The minimum Gasteiger partial charge on any atom is -0.426 e. The van der Waals surface area contributed by atoms with E-state index in [1.54, 1.807) is 30.3 Å². The molecule has 3 aromatic carbocycles. The molecule has 4 nitrogen and oxygen atoms in total. The number of hydrogen-bond acceptors (Lipinski definition) is 4. The van der Waals surface area contributed by atoms with Crippen LogP contribution in [0.3, 0.4) is 0 Å². The molecule has 3 aliphatic rings. The molecule has 1 aliphatic heterocycles. The molecule has 1 saturated heterocycles. The number of ether oxygens (including phenoxy) is 2. The van der Waals surface area contributed by atoms with Gasteiger partial charge >= 0.3 is 5.97 Å². The van der Waals surface area contributed by atoms with Crippen LogP contribution in [0.5, 0.6) is 5.75 Å². The Bertz CT molecular complexity index is 1570. The van der Waals surface area contributed by atoms with Crippen molar-refractivity contribution in [2.45, 2.75) is 88.8 Å². The molecule has 0 spiro atoms. The second-order valence-electron chi connectivity index (χ2n) is 12.6. The fourth-order valence-corrected chi connectivity index (χ4v) is 6.91. The number of epoxide rings is 1. The lowest BCUT2D eigenvalue weighted by Gasteiger charge is -2.29. The smallest absolute Gasteiger partial charge is 0.314 e. The highest BCUT2D eigenvalue weighted by Gasteiger charge is 2.33. The fraction of sp³-hybridized carbons (Fsp3) is 0.432. The van der Waals surface area contributed by atoms with Gasteiger partial charge in [0.1, 0.15) is 11.9 Å². The molecule has 2 fully saturated rings. The molecular weight excluding hydrogens is 584 g/mol. The Kier molecular flexibility index (Phi) is 9.43. The highest BCUT2D eigenvalue weighted by molar-refractivity contribution is 5.78. The van der Waals surface area contributed by atoms with Gasteiger partial charge in [0.2, 0.25) is 0 Å². The van der Waals surface area contributed by atoms with Crippen molar-refractivity contribution in [3.05, 3.63) is 106 Å². The Morgan fingerprint density at radius 2 is 1.53 bits per heavy atom. The molecule has 0 radical (unpaired) electrons. The number of hydrogen-bond donors (Lipinski definition) is 1. The summed E-state index contributed by atoms with van der Waals surface area (Å²) in [5, 5.41) is 10.1. The summed E-state index contributed by atoms with van der Waals surface area (Å²) < 4.78 is 69.7. The molecule has 2 aliphatic carbocycles. The average Bonchev–Trinajstić information content (AvgIpc) is 3.90. The van der Waals surface area contributed by atoms with Crippen LogP contribution in [0.15, 0.2) is 54.6 Å². The number of benzene rings is 3. The number of aliphatic hydroxyl groups excluding tert-OH is 1. The van der Waals surface area contributed by atoms with E-state index in [4.69, 9.17) is 9.47 Å². The fourth-order valence-electron chi connectivity index (χ4n) is 6.91. The van der Waals surface area contributed by atoms with Gasteiger partial charge in [-0.05, 0) is 92.0 Å². The van der Waals surface area contributed by atoms with Gasteiger partial charge in [-0.15, -0.1) is 0 Å². The van der Waals surface area contributed by atoms with E-state index in [-0.39, 0.29) is 35.0 Å². The van der Waals surface area contributed by atoms with E-state index in [2.05, 4.69) is 0 Å². The minimum atomic E-state index is -1.04. The highest BCUT2D eigenvalue weighted by atomic mass is 19.2. The predicted molar refractivity (Wildman–Crippen MR) is 163 cm³/mol. The summed E-state index contributed by atoms with van der Waals surface area (Å²) in [6.45, 7) is 2.30. The topological polar surface area (TPSA) is 59.1 Å². The monoisotopic (exact) mass is 622 g/mol.